The number of thiophene rings is 1. The Bertz CT molecular complexity index is 679. The summed E-state index contributed by atoms with van der Waals surface area (Å²) in [6.45, 7) is 1.10. The van der Waals surface area contributed by atoms with E-state index < -0.39 is 10.0 Å². The molecule has 1 atom stereocenters. The molecule has 0 amide bonds. The minimum absolute atomic E-state index is 0.257. The van der Waals surface area contributed by atoms with E-state index in [0.29, 0.717) is 23.9 Å². The maximum Gasteiger partial charge on any atom is 0.252 e. The highest BCUT2D eigenvalue weighted by atomic mass is 32.2. The highest BCUT2D eigenvalue weighted by Gasteiger charge is 2.32. The van der Waals surface area contributed by atoms with Gasteiger partial charge in [-0.3, -0.25) is 4.68 Å². The lowest BCUT2D eigenvalue weighted by atomic mass is 10.2. The molecule has 1 aliphatic rings. The van der Waals surface area contributed by atoms with Crippen LogP contribution in [0.1, 0.15) is 11.7 Å². The van der Waals surface area contributed by atoms with Gasteiger partial charge in [0.05, 0.1) is 18.9 Å². The van der Waals surface area contributed by atoms with Crippen molar-refractivity contribution in [3.05, 3.63) is 35.5 Å². The van der Waals surface area contributed by atoms with Crippen LogP contribution in [-0.2, 0) is 21.8 Å². The number of sulfonamides is 1. The van der Waals surface area contributed by atoms with Gasteiger partial charge >= 0.3 is 0 Å². The average Bonchev–Trinajstić information content (AvgIpc) is 3.10. The fraction of sp³-hybridized carbons (Fsp3) is 0.417. The molecule has 2 aromatic heterocycles. The van der Waals surface area contributed by atoms with Crippen molar-refractivity contribution < 1.29 is 13.2 Å². The molecule has 20 heavy (non-hydrogen) atoms. The van der Waals surface area contributed by atoms with Crippen molar-refractivity contribution in [2.24, 2.45) is 7.05 Å². The van der Waals surface area contributed by atoms with Gasteiger partial charge in [0.2, 0.25) is 0 Å². The van der Waals surface area contributed by atoms with Crippen LogP contribution >= 0.6 is 11.3 Å². The van der Waals surface area contributed by atoms with Gasteiger partial charge in [0.15, 0.2) is 0 Å². The van der Waals surface area contributed by atoms with Gasteiger partial charge in [0, 0.05) is 31.9 Å². The molecule has 108 valence electrons. The van der Waals surface area contributed by atoms with E-state index in [1.807, 2.05) is 13.2 Å². The van der Waals surface area contributed by atoms with Crippen LogP contribution in [0.15, 0.2) is 34.1 Å². The van der Waals surface area contributed by atoms with Crippen LogP contribution < -0.4 is 0 Å². The third-order valence-corrected chi connectivity index (χ3v) is 6.45. The molecule has 0 spiro atoms. The normalized spacial score (nSPS) is 21.1. The van der Waals surface area contributed by atoms with Crippen LogP contribution in [0.2, 0.25) is 0 Å². The Labute approximate surface area is 121 Å². The van der Waals surface area contributed by atoms with Crippen LogP contribution in [-0.4, -0.2) is 42.2 Å². The van der Waals surface area contributed by atoms with Gasteiger partial charge in [-0.1, -0.05) is 6.07 Å². The van der Waals surface area contributed by atoms with Crippen molar-refractivity contribution in [1.82, 2.24) is 14.1 Å². The highest BCUT2D eigenvalue weighted by molar-refractivity contribution is 7.91. The van der Waals surface area contributed by atoms with Crippen LogP contribution in [0, 0.1) is 0 Å². The molecule has 0 aromatic carbocycles. The molecule has 6 nitrogen and oxygen atoms in total. The van der Waals surface area contributed by atoms with E-state index in [1.54, 1.807) is 28.4 Å². The molecule has 1 fully saturated rings. The molecule has 8 heteroatoms. The first-order valence-corrected chi connectivity index (χ1v) is 8.53. The van der Waals surface area contributed by atoms with E-state index in [1.165, 1.54) is 15.6 Å². The molecule has 2 aromatic rings. The van der Waals surface area contributed by atoms with Gasteiger partial charge in [-0.2, -0.15) is 9.40 Å². The van der Waals surface area contributed by atoms with Gasteiger partial charge < -0.3 is 4.74 Å². The summed E-state index contributed by atoms with van der Waals surface area (Å²) in [6.07, 6.45) is 3.31. The highest BCUT2D eigenvalue weighted by Crippen LogP contribution is 2.27. The van der Waals surface area contributed by atoms with Gasteiger partial charge in [-0.05, 0) is 11.4 Å². The van der Waals surface area contributed by atoms with E-state index in [-0.39, 0.29) is 6.10 Å². The number of hydrogen-bond donors (Lipinski definition) is 0. The molecule has 1 saturated heterocycles. The van der Waals surface area contributed by atoms with Crippen molar-refractivity contribution in [3.8, 4) is 0 Å². The molecule has 0 bridgehead atoms. The fourth-order valence-electron chi connectivity index (χ4n) is 2.19. The molecule has 0 aliphatic carbocycles. The van der Waals surface area contributed by atoms with E-state index in [0.717, 1.165) is 5.56 Å². The first kappa shape index (κ1) is 13.7. The summed E-state index contributed by atoms with van der Waals surface area (Å²) >= 11 is 1.24. The monoisotopic (exact) mass is 313 g/mol. The van der Waals surface area contributed by atoms with Crippen molar-refractivity contribution in [2.75, 3.05) is 19.7 Å². The zero-order valence-corrected chi connectivity index (χ0v) is 12.6. The van der Waals surface area contributed by atoms with Crippen molar-refractivity contribution >= 4 is 21.4 Å². The zero-order chi connectivity index (χ0) is 14.2. The van der Waals surface area contributed by atoms with Crippen LogP contribution in [0.5, 0.6) is 0 Å². The van der Waals surface area contributed by atoms with Gasteiger partial charge in [-0.25, -0.2) is 8.42 Å². The number of aryl methyl sites for hydroxylation is 1. The fourth-order valence-corrected chi connectivity index (χ4v) is 4.76. The predicted octanol–water partition coefficient (Wildman–Crippen LogP) is 1.24. The summed E-state index contributed by atoms with van der Waals surface area (Å²) in [4.78, 5) is 0. The Kier molecular flexibility index (Phi) is 3.63. The lowest BCUT2D eigenvalue weighted by molar-refractivity contribution is -0.00253. The number of rotatable bonds is 3. The molecule has 0 radical (unpaired) electrons. The number of nitrogens with zero attached hydrogens (tertiary/aromatic N) is 3. The third-order valence-electron chi connectivity index (χ3n) is 3.22. The number of aromatic nitrogens is 2. The maximum atomic E-state index is 12.5. The Morgan fingerprint density at radius 3 is 3.00 bits per heavy atom. The molecular formula is C12H15N3O3S2. The van der Waals surface area contributed by atoms with E-state index in [4.69, 9.17) is 4.74 Å². The standard InChI is InChI=1S/C12H15N3O3S2/c1-14-8-10(7-13-14)11-9-15(4-5-18-11)20(16,17)12-3-2-6-19-12/h2-3,6-8,11H,4-5,9H2,1H3/t11-/m1/s1. The molecule has 1 aliphatic heterocycles. The lowest BCUT2D eigenvalue weighted by Gasteiger charge is -2.31. The smallest absolute Gasteiger partial charge is 0.252 e. The van der Waals surface area contributed by atoms with Gasteiger partial charge in [-0.15, -0.1) is 11.3 Å². The summed E-state index contributed by atoms with van der Waals surface area (Å²) < 4.78 is 34.2. The first-order chi connectivity index (χ1) is 9.57. The average molecular weight is 313 g/mol. The number of morpholine rings is 1. The summed E-state index contributed by atoms with van der Waals surface area (Å²) in [7, 11) is -1.58. The molecule has 0 unspecified atom stereocenters. The number of hydrogen-bond acceptors (Lipinski definition) is 5. The second-order valence-corrected chi connectivity index (χ2v) is 7.71. The number of ether oxygens (including phenoxy) is 1. The lowest BCUT2D eigenvalue weighted by Crippen LogP contribution is -2.41. The quantitative estimate of drug-likeness (QED) is 0.855. The minimum Gasteiger partial charge on any atom is -0.371 e. The van der Waals surface area contributed by atoms with Crippen LogP contribution in [0.25, 0.3) is 0 Å². The van der Waals surface area contributed by atoms with Gasteiger partial charge in [0.25, 0.3) is 10.0 Å². The summed E-state index contributed by atoms with van der Waals surface area (Å²) in [5, 5.41) is 5.87. The topological polar surface area (TPSA) is 64.4 Å². The van der Waals surface area contributed by atoms with E-state index in [9.17, 15) is 8.42 Å². The summed E-state index contributed by atoms with van der Waals surface area (Å²) in [6, 6.07) is 3.38. The molecule has 0 saturated carbocycles. The second kappa shape index (κ2) is 5.28. The Morgan fingerprint density at radius 1 is 1.50 bits per heavy atom. The maximum absolute atomic E-state index is 12.5. The SMILES string of the molecule is Cn1cc([C@H]2CN(S(=O)(=O)c3cccs3)CCO2)cn1. The predicted molar refractivity (Wildman–Crippen MR) is 75.0 cm³/mol. The summed E-state index contributed by atoms with van der Waals surface area (Å²) in [5.41, 5.74) is 0.901. The van der Waals surface area contributed by atoms with Crippen molar-refractivity contribution in [1.29, 1.82) is 0 Å². The first-order valence-electron chi connectivity index (χ1n) is 6.21. The van der Waals surface area contributed by atoms with Crippen LogP contribution in [0.4, 0.5) is 0 Å². The van der Waals surface area contributed by atoms with Crippen molar-refractivity contribution in [3.63, 3.8) is 0 Å². The molecule has 0 N–H and O–H groups in total. The summed E-state index contributed by atoms with van der Waals surface area (Å²) in [5.74, 6) is 0. The minimum atomic E-state index is -3.41. The van der Waals surface area contributed by atoms with E-state index >= 15 is 0 Å². The molecular weight excluding hydrogens is 298 g/mol. The van der Waals surface area contributed by atoms with Gasteiger partial charge in [0.1, 0.15) is 4.21 Å². The van der Waals surface area contributed by atoms with E-state index in [2.05, 4.69) is 5.10 Å². The third kappa shape index (κ3) is 2.51. The second-order valence-electron chi connectivity index (χ2n) is 4.60. The molecule has 3 rings (SSSR count). The molecule has 3 heterocycles. The van der Waals surface area contributed by atoms with Crippen LogP contribution in [0.3, 0.4) is 0 Å². The van der Waals surface area contributed by atoms with Crippen molar-refractivity contribution in [2.45, 2.75) is 10.3 Å². The Balaban J connectivity index is 1.82. The Hall–Kier alpha value is -1.22. The zero-order valence-electron chi connectivity index (χ0n) is 11.0. The Morgan fingerprint density at radius 2 is 2.35 bits per heavy atom. The largest absolute Gasteiger partial charge is 0.371 e.